The van der Waals surface area contributed by atoms with Crippen LogP contribution in [0.2, 0.25) is 0 Å². The topological polar surface area (TPSA) is 46.5 Å². The van der Waals surface area contributed by atoms with Crippen LogP contribution in [0.4, 0.5) is 0 Å². The Kier molecular flexibility index (Phi) is 5.36. The van der Waals surface area contributed by atoms with Crippen LogP contribution in [0.15, 0.2) is 16.6 Å². The smallest absolute Gasteiger partial charge is 0.172 e. The van der Waals surface area contributed by atoms with Crippen molar-refractivity contribution >= 4 is 29.5 Å². The molecule has 0 bridgehead atoms. The monoisotopic (exact) mass is 324 g/mol. The first-order chi connectivity index (χ1) is 8.61. The summed E-state index contributed by atoms with van der Waals surface area (Å²) in [6.45, 7) is 7.14. The zero-order valence-corrected chi connectivity index (χ0v) is 13.2. The first-order valence-electron chi connectivity index (χ1n) is 6.02. The zero-order valence-electron chi connectivity index (χ0n) is 11.7. The van der Waals surface area contributed by atoms with E-state index in [4.69, 9.17) is 12.6 Å². The summed E-state index contributed by atoms with van der Waals surface area (Å²) in [6, 6.07) is 3.72. The molecular formula is C14H18BBrO3. The highest BCUT2D eigenvalue weighted by Crippen LogP contribution is 2.27. The van der Waals surface area contributed by atoms with Crippen molar-refractivity contribution in [2.75, 3.05) is 6.61 Å². The third kappa shape index (κ3) is 4.75. The van der Waals surface area contributed by atoms with E-state index in [1.54, 1.807) is 13.8 Å². The Morgan fingerprint density at radius 2 is 1.89 bits per heavy atom. The maximum absolute atomic E-state index is 11.5. The molecule has 1 unspecified atom stereocenters. The summed E-state index contributed by atoms with van der Waals surface area (Å²) in [5.74, 6) is 0. The van der Waals surface area contributed by atoms with Crippen molar-refractivity contribution in [3.63, 3.8) is 0 Å². The van der Waals surface area contributed by atoms with Gasteiger partial charge in [0.25, 0.3) is 0 Å². The van der Waals surface area contributed by atoms with E-state index in [1.165, 1.54) is 0 Å². The number of carbonyl (C=O) groups is 1. The minimum absolute atomic E-state index is 0.0365. The van der Waals surface area contributed by atoms with Crippen molar-refractivity contribution in [2.24, 2.45) is 0 Å². The van der Waals surface area contributed by atoms with Gasteiger partial charge >= 0.3 is 0 Å². The van der Waals surface area contributed by atoms with Crippen molar-refractivity contribution in [3.8, 4) is 0 Å². The van der Waals surface area contributed by atoms with Crippen molar-refractivity contribution < 1.29 is 14.6 Å². The highest BCUT2D eigenvalue weighted by molar-refractivity contribution is 9.10. The summed E-state index contributed by atoms with van der Waals surface area (Å²) < 4.78 is 6.47. The molecule has 0 aliphatic heterocycles. The van der Waals surface area contributed by atoms with Gasteiger partial charge in [-0.2, -0.15) is 0 Å². The summed E-state index contributed by atoms with van der Waals surface area (Å²) in [5, 5.41) is 9.66. The van der Waals surface area contributed by atoms with Gasteiger partial charge in [-0.15, -0.1) is 0 Å². The van der Waals surface area contributed by atoms with E-state index in [-0.39, 0.29) is 6.61 Å². The minimum atomic E-state index is -1.01. The molecule has 1 N–H and O–H groups in total. The van der Waals surface area contributed by atoms with Gasteiger partial charge in [0.2, 0.25) is 0 Å². The van der Waals surface area contributed by atoms with Crippen molar-refractivity contribution in [3.05, 3.63) is 33.3 Å². The molecule has 102 valence electrons. The number of hydrogen-bond donors (Lipinski definition) is 1. The van der Waals surface area contributed by atoms with E-state index < -0.39 is 17.4 Å². The molecule has 0 saturated carbocycles. The standard InChI is InChI=1S/C14H18BBrO3/c1-8-5-10(6-9(2)11(8)16)12(13(15)17)19-7-14(3,4)18/h5-6,12,18H,7H2,1-4H3. The van der Waals surface area contributed by atoms with E-state index in [9.17, 15) is 9.90 Å². The molecule has 1 aromatic carbocycles. The Morgan fingerprint density at radius 3 is 2.26 bits per heavy atom. The highest BCUT2D eigenvalue weighted by atomic mass is 79.9. The molecule has 19 heavy (non-hydrogen) atoms. The van der Waals surface area contributed by atoms with Crippen molar-refractivity contribution in [2.45, 2.75) is 39.4 Å². The zero-order chi connectivity index (χ0) is 14.8. The van der Waals surface area contributed by atoms with Gasteiger partial charge in [-0.05, 0) is 44.4 Å². The summed E-state index contributed by atoms with van der Waals surface area (Å²) in [6.07, 6.45) is -0.850. The number of ether oxygens (including phenoxy) is 1. The molecule has 0 fully saturated rings. The van der Waals surface area contributed by atoms with E-state index in [0.29, 0.717) is 5.56 Å². The van der Waals surface area contributed by atoms with Crippen LogP contribution in [0, 0.1) is 13.8 Å². The van der Waals surface area contributed by atoms with Gasteiger partial charge < -0.3 is 14.6 Å². The molecule has 0 amide bonds. The molecule has 0 heterocycles. The van der Waals surface area contributed by atoms with Crippen molar-refractivity contribution in [1.82, 2.24) is 0 Å². The minimum Gasteiger partial charge on any atom is -0.388 e. The maximum atomic E-state index is 11.5. The fourth-order valence-corrected chi connectivity index (χ4v) is 1.99. The Bertz CT molecular complexity index is 457. The van der Waals surface area contributed by atoms with Crippen LogP contribution in [-0.4, -0.2) is 30.8 Å². The number of benzene rings is 1. The van der Waals surface area contributed by atoms with Crippen LogP contribution >= 0.6 is 15.9 Å². The first kappa shape index (κ1) is 16.4. The molecule has 1 atom stereocenters. The Hall–Kier alpha value is -0.645. The van der Waals surface area contributed by atoms with Crippen molar-refractivity contribution in [1.29, 1.82) is 0 Å². The van der Waals surface area contributed by atoms with Crippen LogP contribution in [0.25, 0.3) is 0 Å². The molecule has 0 aromatic heterocycles. The van der Waals surface area contributed by atoms with Crippen LogP contribution in [-0.2, 0) is 9.53 Å². The average Bonchev–Trinajstić information content (AvgIpc) is 2.23. The molecule has 0 aliphatic carbocycles. The molecular weight excluding hydrogens is 307 g/mol. The van der Waals surface area contributed by atoms with Gasteiger partial charge in [-0.25, -0.2) is 0 Å². The summed E-state index contributed by atoms with van der Waals surface area (Å²) in [5.41, 5.74) is 1.15. The second-order valence-electron chi connectivity index (χ2n) is 5.37. The van der Waals surface area contributed by atoms with E-state index in [2.05, 4.69) is 15.9 Å². The van der Waals surface area contributed by atoms with Gasteiger partial charge in [0.15, 0.2) is 7.85 Å². The normalized spacial score (nSPS) is 13.4. The summed E-state index contributed by atoms with van der Waals surface area (Å²) in [4.78, 5) is 11.5. The molecule has 1 rings (SSSR count). The van der Waals surface area contributed by atoms with Gasteiger partial charge in [-0.3, -0.25) is 0 Å². The lowest BCUT2D eigenvalue weighted by Gasteiger charge is -2.23. The lowest BCUT2D eigenvalue weighted by Crippen LogP contribution is -2.29. The summed E-state index contributed by atoms with van der Waals surface area (Å²) in [7, 11) is 5.38. The highest BCUT2D eigenvalue weighted by Gasteiger charge is 2.22. The van der Waals surface area contributed by atoms with Crippen LogP contribution in [0.5, 0.6) is 0 Å². The second-order valence-corrected chi connectivity index (χ2v) is 6.17. The summed E-state index contributed by atoms with van der Waals surface area (Å²) >= 11 is 3.47. The lowest BCUT2D eigenvalue weighted by molar-refractivity contribution is -0.127. The van der Waals surface area contributed by atoms with E-state index in [1.807, 2.05) is 26.0 Å². The number of halogens is 1. The number of hydrogen-bond acceptors (Lipinski definition) is 3. The van der Waals surface area contributed by atoms with E-state index >= 15 is 0 Å². The van der Waals surface area contributed by atoms with Crippen LogP contribution in [0.1, 0.15) is 36.6 Å². The predicted molar refractivity (Wildman–Crippen MR) is 79.4 cm³/mol. The fraction of sp³-hybridized carbons (Fsp3) is 0.500. The molecule has 1 aromatic rings. The number of carbonyl (C=O) groups excluding carboxylic acids is 1. The fourth-order valence-electron chi connectivity index (χ4n) is 1.76. The number of aryl methyl sites for hydroxylation is 2. The van der Waals surface area contributed by atoms with Gasteiger partial charge in [0.05, 0.1) is 12.2 Å². The average molecular weight is 325 g/mol. The third-order valence-electron chi connectivity index (χ3n) is 2.62. The van der Waals surface area contributed by atoms with Gasteiger partial charge in [0.1, 0.15) is 11.8 Å². The Labute approximate surface area is 123 Å². The largest absolute Gasteiger partial charge is 0.388 e. The first-order valence-corrected chi connectivity index (χ1v) is 6.81. The number of aliphatic hydroxyl groups is 1. The molecule has 0 spiro atoms. The number of rotatable bonds is 5. The molecule has 0 saturated heterocycles. The molecule has 0 aliphatic rings. The second kappa shape index (κ2) is 6.20. The van der Waals surface area contributed by atoms with E-state index in [0.717, 1.165) is 15.6 Å². The Balaban J connectivity index is 3.03. The quantitative estimate of drug-likeness (QED) is 0.847. The molecule has 2 radical (unpaired) electrons. The van der Waals surface area contributed by atoms with Crippen LogP contribution < -0.4 is 0 Å². The predicted octanol–water partition coefficient (Wildman–Crippen LogP) is 2.59. The van der Waals surface area contributed by atoms with Gasteiger partial charge in [-0.1, -0.05) is 28.1 Å². The van der Waals surface area contributed by atoms with Crippen LogP contribution in [0.3, 0.4) is 0 Å². The lowest BCUT2D eigenvalue weighted by atomic mass is 9.90. The SMILES string of the molecule is [B]C(=O)C(OCC(C)(C)O)c1cc(C)c(Br)c(C)c1. The molecule has 5 heteroatoms. The Morgan fingerprint density at radius 1 is 1.42 bits per heavy atom. The maximum Gasteiger partial charge on any atom is 0.172 e. The van der Waals surface area contributed by atoms with Gasteiger partial charge in [0, 0.05) is 4.47 Å². The molecule has 3 nitrogen and oxygen atoms in total. The third-order valence-corrected chi connectivity index (χ3v) is 3.87.